The molecule has 0 radical (unpaired) electrons. The Kier molecular flexibility index (Phi) is 10.5. The van der Waals surface area contributed by atoms with Crippen molar-refractivity contribution in [2.75, 3.05) is 26.2 Å². The van der Waals surface area contributed by atoms with Crippen LogP contribution < -0.4 is 9.47 Å². The van der Waals surface area contributed by atoms with Crippen LogP contribution in [0.2, 0.25) is 0 Å². The number of esters is 1. The number of carbonyl (C=O) groups excluding carboxylic acids is 2. The number of hydrogen-bond donors (Lipinski definition) is 1. The number of piperidine rings is 1. The molecule has 43 heavy (non-hydrogen) atoms. The molecule has 1 saturated heterocycles. The monoisotopic (exact) mass is 599 g/mol. The molecule has 1 fully saturated rings. The summed E-state index contributed by atoms with van der Waals surface area (Å²) in [6.07, 6.45) is 7.25. The lowest BCUT2D eigenvalue weighted by molar-refractivity contribution is -0.135. The second-order valence-electron chi connectivity index (χ2n) is 11.4. The third-order valence-corrected chi connectivity index (χ3v) is 9.42. The minimum Gasteiger partial charge on any atom is -0.508 e. The molecule has 1 unspecified atom stereocenters. The van der Waals surface area contributed by atoms with Crippen molar-refractivity contribution >= 4 is 33.2 Å². The average molecular weight is 600 g/mol. The van der Waals surface area contributed by atoms with E-state index in [-0.39, 0.29) is 17.5 Å². The number of ketones is 1. The van der Waals surface area contributed by atoms with Crippen LogP contribution in [0.25, 0.3) is 20.5 Å². The largest absolute Gasteiger partial charge is 0.508 e. The second-order valence-corrected chi connectivity index (χ2v) is 12.4. The standard InChI is InChI=1S/C36H41NO5S/c1-3-8-25(4-2)23-33(39)42-30-16-11-27(12-17-30)36-34(31-18-13-28(38)24-32(31)43-36)35(40)26-9-14-29(15-10-26)41-22-21-37-19-6-5-7-20-37/h9-18,24-25,38H,3-8,19-23H2,1-2H3. The first-order valence-electron chi connectivity index (χ1n) is 15.5. The first-order chi connectivity index (χ1) is 20.9. The van der Waals surface area contributed by atoms with Gasteiger partial charge in [-0.25, -0.2) is 0 Å². The van der Waals surface area contributed by atoms with Crippen LogP contribution in [0.1, 0.15) is 74.7 Å². The number of carbonyl (C=O) groups is 2. The summed E-state index contributed by atoms with van der Waals surface area (Å²) >= 11 is 1.46. The molecule has 0 saturated carbocycles. The molecule has 0 spiro atoms. The third kappa shape index (κ3) is 7.84. The Bertz CT molecular complexity index is 1520. The number of phenolic OH excluding ortho intramolecular Hbond substituents is 1. The Balaban J connectivity index is 1.33. The SMILES string of the molecule is CCCC(CC)CC(=O)Oc1ccc(-c2sc3cc(O)ccc3c2C(=O)c2ccc(OCCN3CCCCC3)cc2)cc1. The second kappa shape index (κ2) is 14.7. The number of phenols is 1. The normalized spacial score (nSPS) is 14.5. The maximum absolute atomic E-state index is 14.0. The molecule has 0 amide bonds. The summed E-state index contributed by atoms with van der Waals surface area (Å²) in [5.41, 5.74) is 2.01. The molecule has 4 aromatic rings. The van der Waals surface area contributed by atoms with Crippen molar-refractivity contribution in [3.8, 4) is 27.7 Å². The Morgan fingerprint density at radius 2 is 1.65 bits per heavy atom. The zero-order valence-electron chi connectivity index (χ0n) is 25.1. The molecule has 1 atom stereocenters. The van der Waals surface area contributed by atoms with E-state index in [0.717, 1.165) is 65.2 Å². The summed E-state index contributed by atoms with van der Waals surface area (Å²) in [6.45, 7) is 8.04. The fourth-order valence-electron chi connectivity index (χ4n) is 5.78. The molecule has 1 aliphatic rings. The molecule has 1 aromatic heterocycles. The summed E-state index contributed by atoms with van der Waals surface area (Å²) in [7, 11) is 0. The molecule has 2 heterocycles. The first kappa shape index (κ1) is 30.8. The molecule has 3 aromatic carbocycles. The van der Waals surface area contributed by atoms with E-state index in [9.17, 15) is 14.7 Å². The molecule has 0 bridgehead atoms. The molecule has 5 rings (SSSR count). The van der Waals surface area contributed by atoms with Gasteiger partial charge < -0.3 is 14.6 Å². The number of thiophene rings is 1. The highest BCUT2D eigenvalue weighted by molar-refractivity contribution is 7.22. The topological polar surface area (TPSA) is 76.1 Å². The third-order valence-electron chi connectivity index (χ3n) is 8.22. The van der Waals surface area contributed by atoms with E-state index < -0.39 is 0 Å². The lowest BCUT2D eigenvalue weighted by atomic mass is 9.97. The van der Waals surface area contributed by atoms with Gasteiger partial charge in [-0.05, 0) is 104 Å². The van der Waals surface area contributed by atoms with E-state index in [2.05, 4.69) is 18.7 Å². The zero-order valence-corrected chi connectivity index (χ0v) is 26.0. The number of hydrogen-bond acceptors (Lipinski definition) is 7. The highest BCUT2D eigenvalue weighted by Crippen LogP contribution is 2.41. The molecule has 7 heteroatoms. The molecule has 0 aliphatic carbocycles. The van der Waals surface area contributed by atoms with Crippen LogP contribution in [0, 0.1) is 5.92 Å². The quantitative estimate of drug-likeness (QED) is 0.0944. The van der Waals surface area contributed by atoms with E-state index in [1.807, 2.05) is 36.4 Å². The maximum Gasteiger partial charge on any atom is 0.311 e. The van der Waals surface area contributed by atoms with Crippen LogP contribution in [-0.4, -0.2) is 48.0 Å². The number of fused-ring (bicyclic) bond motifs is 1. The summed E-state index contributed by atoms with van der Waals surface area (Å²) in [6, 6.07) is 19.8. The van der Waals surface area contributed by atoms with Crippen LogP contribution >= 0.6 is 11.3 Å². The minimum atomic E-state index is -0.222. The number of ether oxygens (including phenoxy) is 2. The van der Waals surface area contributed by atoms with Gasteiger partial charge in [0, 0.05) is 39.1 Å². The Labute approximate surface area is 258 Å². The lowest BCUT2D eigenvalue weighted by Crippen LogP contribution is -2.33. The average Bonchev–Trinajstić information content (AvgIpc) is 3.40. The predicted octanol–water partition coefficient (Wildman–Crippen LogP) is 8.49. The van der Waals surface area contributed by atoms with Gasteiger partial charge in [-0.2, -0.15) is 0 Å². The van der Waals surface area contributed by atoms with Crippen molar-refractivity contribution in [2.24, 2.45) is 5.92 Å². The van der Waals surface area contributed by atoms with Gasteiger partial charge in [-0.15, -0.1) is 11.3 Å². The number of benzene rings is 3. The molecule has 1 N–H and O–H groups in total. The van der Waals surface area contributed by atoms with Gasteiger partial charge in [0.1, 0.15) is 23.9 Å². The van der Waals surface area contributed by atoms with Crippen LogP contribution in [-0.2, 0) is 4.79 Å². The first-order valence-corrected chi connectivity index (χ1v) is 16.3. The number of aromatic hydroxyl groups is 1. The van der Waals surface area contributed by atoms with Crippen molar-refractivity contribution in [3.63, 3.8) is 0 Å². The molecule has 1 aliphatic heterocycles. The molecule has 6 nitrogen and oxygen atoms in total. The fraction of sp³-hybridized carbons (Fsp3) is 0.389. The summed E-state index contributed by atoms with van der Waals surface area (Å²) < 4.78 is 12.4. The fourth-order valence-corrected chi connectivity index (χ4v) is 7.02. The summed E-state index contributed by atoms with van der Waals surface area (Å²) in [5.74, 6) is 1.41. The van der Waals surface area contributed by atoms with E-state index in [0.29, 0.717) is 35.8 Å². The van der Waals surface area contributed by atoms with Crippen molar-refractivity contribution in [3.05, 3.63) is 77.9 Å². The maximum atomic E-state index is 14.0. The molecular weight excluding hydrogens is 558 g/mol. The van der Waals surface area contributed by atoms with Gasteiger partial charge >= 0.3 is 5.97 Å². The number of nitrogens with zero attached hydrogens (tertiary/aromatic N) is 1. The predicted molar refractivity (Wildman–Crippen MR) is 174 cm³/mol. The van der Waals surface area contributed by atoms with Gasteiger partial charge in [-0.3, -0.25) is 14.5 Å². The van der Waals surface area contributed by atoms with Crippen LogP contribution in [0.3, 0.4) is 0 Å². The van der Waals surface area contributed by atoms with Gasteiger partial charge in [0.15, 0.2) is 5.78 Å². The van der Waals surface area contributed by atoms with Crippen LogP contribution in [0.15, 0.2) is 66.7 Å². The van der Waals surface area contributed by atoms with E-state index in [1.165, 1.54) is 30.6 Å². The summed E-state index contributed by atoms with van der Waals surface area (Å²) in [4.78, 5) is 29.7. The number of rotatable bonds is 13. The molecular formula is C36H41NO5S. The van der Waals surface area contributed by atoms with Gasteiger partial charge in [0.05, 0.1) is 0 Å². The lowest BCUT2D eigenvalue weighted by Gasteiger charge is -2.26. The van der Waals surface area contributed by atoms with Gasteiger partial charge in [0.25, 0.3) is 0 Å². The van der Waals surface area contributed by atoms with Crippen molar-refractivity contribution in [1.29, 1.82) is 0 Å². The highest BCUT2D eigenvalue weighted by atomic mass is 32.1. The van der Waals surface area contributed by atoms with Crippen LogP contribution in [0.5, 0.6) is 17.2 Å². The zero-order chi connectivity index (χ0) is 30.2. The minimum absolute atomic E-state index is 0.0937. The van der Waals surface area contributed by atoms with Crippen molar-refractivity contribution in [1.82, 2.24) is 4.90 Å². The van der Waals surface area contributed by atoms with E-state index in [4.69, 9.17) is 9.47 Å². The van der Waals surface area contributed by atoms with Gasteiger partial charge in [0.2, 0.25) is 0 Å². The van der Waals surface area contributed by atoms with E-state index in [1.54, 1.807) is 30.3 Å². The van der Waals surface area contributed by atoms with Crippen LogP contribution in [0.4, 0.5) is 0 Å². The molecule has 226 valence electrons. The summed E-state index contributed by atoms with van der Waals surface area (Å²) in [5, 5.41) is 10.9. The van der Waals surface area contributed by atoms with Gasteiger partial charge in [-0.1, -0.05) is 39.5 Å². The van der Waals surface area contributed by atoms with Crippen molar-refractivity contribution in [2.45, 2.75) is 58.8 Å². The Hall–Kier alpha value is -3.68. The Morgan fingerprint density at radius 1 is 0.930 bits per heavy atom. The van der Waals surface area contributed by atoms with E-state index >= 15 is 0 Å². The highest BCUT2D eigenvalue weighted by Gasteiger charge is 2.22. The Morgan fingerprint density at radius 3 is 2.35 bits per heavy atom. The number of likely N-dealkylation sites (tertiary alicyclic amines) is 1. The smallest absolute Gasteiger partial charge is 0.311 e. The van der Waals surface area contributed by atoms with Crippen molar-refractivity contribution < 1.29 is 24.2 Å².